The van der Waals surface area contributed by atoms with E-state index >= 15 is 0 Å². The minimum Gasteiger partial charge on any atom is -0.356 e. The maximum Gasteiger partial charge on any atom is 0.228 e. The average molecular weight is 407 g/mol. The molecule has 0 aliphatic heterocycles. The molecule has 7 heteroatoms. The largest absolute Gasteiger partial charge is 0.356 e. The number of guanidine groups is 1. The monoisotopic (exact) mass is 407 g/mol. The van der Waals surface area contributed by atoms with Gasteiger partial charge in [-0.25, -0.2) is 0 Å². The Hall–Kier alpha value is -0.860. The normalized spacial score (nSPS) is 16.8. The molecule has 0 atom stereocenters. The van der Waals surface area contributed by atoms with Crippen LogP contribution < -0.4 is 10.6 Å². The lowest BCUT2D eigenvalue weighted by Crippen LogP contribution is -2.46. The molecule has 0 spiro atoms. The molecule has 0 bridgehead atoms. The summed E-state index contributed by atoms with van der Waals surface area (Å²) < 4.78 is 5.08. The number of hydrogen-bond acceptors (Lipinski definition) is 4. The van der Waals surface area contributed by atoms with Gasteiger partial charge in [0.25, 0.3) is 0 Å². The van der Waals surface area contributed by atoms with Crippen LogP contribution in [-0.4, -0.2) is 36.2 Å². The molecule has 2 rings (SSSR count). The van der Waals surface area contributed by atoms with Crippen LogP contribution in [-0.2, 0) is 6.42 Å². The van der Waals surface area contributed by atoms with E-state index < -0.39 is 0 Å². The van der Waals surface area contributed by atoms with Gasteiger partial charge in [0.05, 0.1) is 0 Å². The fourth-order valence-electron chi connectivity index (χ4n) is 2.55. The lowest BCUT2D eigenvalue weighted by Gasteiger charge is -2.41. The Morgan fingerprint density at radius 1 is 1.38 bits per heavy atom. The minimum absolute atomic E-state index is 0. The molecule has 0 aromatic carbocycles. The van der Waals surface area contributed by atoms with Crippen LogP contribution in [0, 0.1) is 12.3 Å². The lowest BCUT2D eigenvalue weighted by molar-refractivity contribution is 0.131. The minimum atomic E-state index is 0. The van der Waals surface area contributed by atoms with E-state index in [2.05, 4.69) is 32.7 Å². The zero-order valence-corrected chi connectivity index (χ0v) is 15.4. The molecule has 1 saturated carbocycles. The van der Waals surface area contributed by atoms with Crippen LogP contribution in [0.1, 0.15) is 44.3 Å². The van der Waals surface area contributed by atoms with Gasteiger partial charge in [0.1, 0.15) is 0 Å². The highest BCUT2D eigenvalue weighted by molar-refractivity contribution is 14.0. The first kappa shape index (κ1) is 18.2. The molecule has 2 N–H and O–H groups in total. The molecule has 0 unspecified atom stereocenters. The number of nitrogens with one attached hydrogen (secondary N) is 2. The molecule has 120 valence electrons. The zero-order valence-electron chi connectivity index (χ0n) is 13.1. The predicted molar refractivity (Wildman–Crippen MR) is 94.1 cm³/mol. The van der Waals surface area contributed by atoms with E-state index in [4.69, 9.17) is 4.52 Å². The van der Waals surface area contributed by atoms with Crippen LogP contribution >= 0.6 is 24.0 Å². The van der Waals surface area contributed by atoms with Crippen molar-refractivity contribution in [1.29, 1.82) is 0 Å². The molecule has 0 radical (unpaired) electrons. The van der Waals surface area contributed by atoms with Gasteiger partial charge in [-0.15, -0.1) is 24.0 Å². The molecule has 1 fully saturated rings. The van der Waals surface area contributed by atoms with Gasteiger partial charge in [0.15, 0.2) is 11.8 Å². The van der Waals surface area contributed by atoms with Crippen molar-refractivity contribution >= 4 is 29.9 Å². The van der Waals surface area contributed by atoms with E-state index in [0.717, 1.165) is 19.0 Å². The molecule has 0 saturated heterocycles. The van der Waals surface area contributed by atoms with Crippen molar-refractivity contribution in [2.24, 2.45) is 10.4 Å². The van der Waals surface area contributed by atoms with E-state index in [-0.39, 0.29) is 24.0 Å². The second-order valence-corrected chi connectivity index (χ2v) is 5.54. The highest BCUT2D eigenvalue weighted by Crippen LogP contribution is 2.42. The fraction of sp³-hybridized carbons (Fsp3) is 0.786. The van der Waals surface area contributed by atoms with Crippen LogP contribution in [0.3, 0.4) is 0 Å². The fourth-order valence-corrected chi connectivity index (χ4v) is 2.55. The van der Waals surface area contributed by atoms with Crippen molar-refractivity contribution in [3.8, 4) is 0 Å². The first-order chi connectivity index (χ1) is 9.67. The maximum atomic E-state index is 5.08. The molecular weight excluding hydrogens is 381 g/mol. The topological polar surface area (TPSA) is 75.3 Å². The standard InChI is InChI=1S/C14H25N5O.HI/c1-4-14(7-5-8-14)10-17-13(15-3)16-9-6-12-18-11(2)19-20-12;/h4-10H2,1-3H3,(H2,15,16,17);1H. The van der Waals surface area contributed by atoms with Gasteiger partial charge in [-0.3, -0.25) is 4.99 Å². The number of halogens is 1. The molecule has 1 heterocycles. The summed E-state index contributed by atoms with van der Waals surface area (Å²) in [5.74, 6) is 2.19. The van der Waals surface area contributed by atoms with Crippen LogP contribution in [0.25, 0.3) is 0 Å². The average Bonchev–Trinajstić information content (AvgIpc) is 2.81. The maximum absolute atomic E-state index is 5.08. The first-order valence-corrected chi connectivity index (χ1v) is 7.41. The summed E-state index contributed by atoms with van der Waals surface area (Å²) in [5, 5.41) is 10.5. The van der Waals surface area contributed by atoms with Crippen LogP contribution in [0.4, 0.5) is 0 Å². The molecule has 1 aromatic rings. The Bertz CT molecular complexity index is 450. The number of rotatable bonds is 6. The van der Waals surface area contributed by atoms with Crippen molar-refractivity contribution in [3.63, 3.8) is 0 Å². The Kier molecular flexibility index (Phi) is 7.41. The van der Waals surface area contributed by atoms with Gasteiger partial charge >= 0.3 is 0 Å². The highest BCUT2D eigenvalue weighted by Gasteiger charge is 2.34. The van der Waals surface area contributed by atoms with Crippen molar-refractivity contribution in [3.05, 3.63) is 11.7 Å². The van der Waals surface area contributed by atoms with E-state index in [0.29, 0.717) is 23.6 Å². The van der Waals surface area contributed by atoms with Gasteiger partial charge < -0.3 is 15.2 Å². The first-order valence-electron chi connectivity index (χ1n) is 7.41. The SMILES string of the molecule is CCC1(CNC(=NC)NCCc2nc(C)no2)CCC1.I. The number of aryl methyl sites for hydroxylation is 1. The molecule has 6 nitrogen and oxygen atoms in total. The Morgan fingerprint density at radius 2 is 2.14 bits per heavy atom. The second-order valence-electron chi connectivity index (χ2n) is 5.54. The third-order valence-electron chi connectivity index (χ3n) is 4.22. The zero-order chi connectivity index (χ0) is 14.4. The quantitative estimate of drug-likeness (QED) is 0.430. The van der Waals surface area contributed by atoms with Gasteiger partial charge in [-0.05, 0) is 31.6 Å². The summed E-state index contributed by atoms with van der Waals surface area (Å²) in [6.07, 6.45) is 5.96. The molecule has 0 amide bonds. The van der Waals surface area contributed by atoms with Gasteiger partial charge in [-0.2, -0.15) is 4.98 Å². The molecule has 1 aliphatic carbocycles. The summed E-state index contributed by atoms with van der Waals surface area (Å²) in [7, 11) is 1.80. The number of hydrogen-bond donors (Lipinski definition) is 2. The van der Waals surface area contributed by atoms with E-state index in [1.165, 1.54) is 25.7 Å². The molecular formula is C14H26IN5O. The molecule has 21 heavy (non-hydrogen) atoms. The van der Waals surface area contributed by atoms with Crippen molar-refractivity contribution in [2.45, 2.75) is 46.0 Å². The Morgan fingerprint density at radius 3 is 2.62 bits per heavy atom. The van der Waals surface area contributed by atoms with E-state index in [1.54, 1.807) is 7.05 Å². The second kappa shape index (κ2) is 8.55. The lowest BCUT2D eigenvalue weighted by atomic mass is 9.67. The van der Waals surface area contributed by atoms with Crippen molar-refractivity contribution in [2.75, 3.05) is 20.1 Å². The van der Waals surface area contributed by atoms with Crippen LogP contribution in [0.15, 0.2) is 9.52 Å². The summed E-state index contributed by atoms with van der Waals surface area (Å²) in [4.78, 5) is 8.42. The summed E-state index contributed by atoms with van der Waals surface area (Å²) >= 11 is 0. The van der Waals surface area contributed by atoms with Gasteiger partial charge in [0, 0.05) is 26.6 Å². The smallest absolute Gasteiger partial charge is 0.228 e. The predicted octanol–water partition coefficient (Wildman–Crippen LogP) is 2.28. The summed E-state index contributed by atoms with van der Waals surface area (Å²) in [5.41, 5.74) is 0.487. The van der Waals surface area contributed by atoms with Crippen LogP contribution in [0.2, 0.25) is 0 Å². The van der Waals surface area contributed by atoms with Crippen molar-refractivity contribution < 1.29 is 4.52 Å². The van der Waals surface area contributed by atoms with Crippen molar-refractivity contribution in [1.82, 2.24) is 20.8 Å². The Balaban J connectivity index is 0.00000220. The Labute approximate surface area is 143 Å². The van der Waals surface area contributed by atoms with Crippen LogP contribution in [0.5, 0.6) is 0 Å². The molecule has 1 aromatic heterocycles. The molecule has 1 aliphatic rings. The van der Waals surface area contributed by atoms with Gasteiger partial charge in [0.2, 0.25) is 5.89 Å². The summed E-state index contributed by atoms with van der Waals surface area (Å²) in [6.45, 7) is 5.84. The summed E-state index contributed by atoms with van der Waals surface area (Å²) in [6, 6.07) is 0. The highest BCUT2D eigenvalue weighted by atomic mass is 127. The number of aliphatic imine (C=N–C) groups is 1. The number of aromatic nitrogens is 2. The van der Waals surface area contributed by atoms with E-state index in [1.807, 2.05) is 6.92 Å². The third kappa shape index (κ3) is 5.12. The third-order valence-corrected chi connectivity index (χ3v) is 4.22. The van der Waals surface area contributed by atoms with E-state index in [9.17, 15) is 0 Å². The number of nitrogens with zero attached hydrogens (tertiary/aromatic N) is 3. The van der Waals surface area contributed by atoms with Gasteiger partial charge in [-0.1, -0.05) is 18.5 Å².